The van der Waals surface area contributed by atoms with E-state index in [1.807, 2.05) is 38.0 Å². The molecule has 0 aliphatic heterocycles. The van der Waals surface area contributed by atoms with Gasteiger partial charge in [0.25, 0.3) is 0 Å². The van der Waals surface area contributed by atoms with Crippen LogP contribution in [0.5, 0.6) is 5.75 Å². The standard InChI is InChI=1S/C14H22FN3O/c1-17(2)14(18(3)4)16-10-5-11-19-13-8-6-12(15)7-9-13/h6-9H,5,10-11H2,1-4H3. The average molecular weight is 267 g/mol. The zero-order valence-corrected chi connectivity index (χ0v) is 12.1. The van der Waals surface area contributed by atoms with Gasteiger partial charge in [0.15, 0.2) is 5.96 Å². The van der Waals surface area contributed by atoms with E-state index in [2.05, 4.69) is 4.99 Å². The summed E-state index contributed by atoms with van der Waals surface area (Å²) in [5.74, 6) is 1.37. The van der Waals surface area contributed by atoms with Gasteiger partial charge in [0, 0.05) is 41.2 Å². The summed E-state index contributed by atoms with van der Waals surface area (Å²) in [4.78, 5) is 8.44. The molecule has 0 spiro atoms. The molecule has 0 heterocycles. The summed E-state index contributed by atoms with van der Waals surface area (Å²) in [6.45, 7) is 1.27. The van der Waals surface area contributed by atoms with Crippen molar-refractivity contribution in [3.8, 4) is 5.75 Å². The third kappa shape index (κ3) is 5.59. The molecule has 0 aliphatic rings. The summed E-state index contributed by atoms with van der Waals surface area (Å²) in [5.41, 5.74) is 0. The molecule has 0 radical (unpaired) electrons. The van der Waals surface area contributed by atoms with Crippen molar-refractivity contribution < 1.29 is 9.13 Å². The molecule has 4 nitrogen and oxygen atoms in total. The summed E-state index contributed by atoms with van der Waals surface area (Å²) < 4.78 is 18.2. The molecule has 0 aromatic heterocycles. The number of rotatable bonds is 5. The molecule has 0 amide bonds. The molecule has 19 heavy (non-hydrogen) atoms. The van der Waals surface area contributed by atoms with Crippen LogP contribution in [0.1, 0.15) is 6.42 Å². The molecular formula is C14H22FN3O. The molecule has 1 aromatic carbocycles. The van der Waals surface area contributed by atoms with Crippen LogP contribution in [0.25, 0.3) is 0 Å². The summed E-state index contributed by atoms with van der Waals surface area (Å²) in [6.07, 6.45) is 0.822. The highest BCUT2D eigenvalue weighted by molar-refractivity contribution is 5.79. The first kappa shape index (κ1) is 15.3. The quantitative estimate of drug-likeness (QED) is 0.464. The van der Waals surface area contributed by atoms with Gasteiger partial charge in [0.05, 0.1) is 6.61 Å². The van der Waals surface area contributed by atoms with E-state index < -0.39 is 0 Å². The van der Waals surface area contributed by atoms with Crippen LogP contribution in [0.3, 0.4) is 0 Å². The van der Waals surface area contributed by atoms with Gasteiger partial charge in [0.2, 0.25) is 0 Å². The third-order valence-electron chi connectivity index (χ3n) is 2.44. The van der Waals surface area contributed by atoms with Gasteiger partial charge in [-0.3, -0.25) is 4.99 Å². The fourth-order valence-corrected chi connectivity index (χ4v) is 1.65. The van der Waals surface area contributed by atoms with Gasteiger partial charge in [-0.05, 0) is 24.3 Å². The van der Waals surface area contributed by atoms with Crippen molar-refractivity contribution in [3.05, 3.63) is 30.1 Å². The van der Waals surface area contributed by atoms with E-state index in [1.165, 1.54) is 12.1 Å². The number of nitrogens with zero attached hydrogens (tertiary/aromatic N) is 3. The number of ether oxygens (including phenoxy) is 1. The number of hydrogen-bond acceptors (Lipinski definition) is 2. The highest BCUT2D eigenvalue weighted by Crippen LogP contribution is 2.11. The minimum atomic E-state index is -0.251. The molecule has 0 saturated heterocycles. The molecular weight excluding hydrogens is 245 g/mol. The highest BCUT2D eigenvalue weighted by atomic mass is 19.1. The van der Waals surface area contributed by atoms with Crippen LogP contribution in [0.15, 0.2) is 29.3 Å². The fraction of sp³-hybridized carbons (Fsp3) is 0.500. The Morgan fingerprint density at radius 2 is 1.68 bits per heavy atom. The van der Waals surface area contributed by atoms with E-state index in [9.17, 15) is 4.39 Å². The number of halogens is 1. The van der Waals surface area contributed by atoms with Crippen molar-refractivity contribution in [3.63, 3.8) is 0 Å². The molecule has 1 aromatic rings. The molecule has 0 N–H and O–H groups in total. The predicted molar refractivity (Wildman–Crippen MR) is 76.2 cm³/mol. The van der Waals surface area contributed by atoms with Crippen LogP contribution in [0.4, 0.5) is 4.39 Å². The molecule has 0 atom stereocenters. The second kappa shape index (κ2) is 7.61. The second-order valence-corrected chi connectivity index (χ2v) is 4.63. The Morgan fingerprint density at radius 3 is 2.21 bits per heavy atom. The van der Waals surface area contributed by atoms with Crippen LogP contribution in [-0.2, 0) is 0 Å². The first-order valence-corrected chi connectivity index (χ1v) is 6.28. The summed E-state index contributed by atoms with van der Waals surface area (Å²) in [6, 6.07) is 6.04. The first-order valence-electron chi connectivity index (χ1n) is 6.28. The van der Waals surface area contributed by atoms with Gasteiger partial charge in [0.1, 0.15) is 11.6 Å². The lowest BCUT2D eigenvalue weighted by atomic mass is 10.3. The molecule has 0 bridgehead atoms. The first-order chi connectivity index (χ1) is 9.00. The van der Waals surface area contributed by atoms with E-state index in [1.54, 1.807) is 12.1 Å². The SMILES string of the molecule is CN(C)C(=NCCCOc1ccc(F)cc1)N(C)C. The van der Waals surface area contributed by atoms with Gasteiger partial charge in [-0.2, -0.15) is 0 Å². The molecule has 5 heteroatoms. The van der Waals surface area contributed by atoms with E-state index in [0.29, 0.717) is 18.9 Å². The topological polar surface area (TPSA) is 28.1 Å². The number of hydrogen-bond donors (Lipinski definition) is 0. The predicted octanol–water partition coefficient (Wildman–Crippen LogP) is 2.07. The lowest BCUT2D eigenvalue weighted by molar-refractivity contribution is 0.312. The zero-order chi connectivity index (χ0) is 14.3. The molecule has 0 fully saturated rings. The maximum atomic E-state index is 12.7. The Hall–Kier alpha value is -1.78. The lowest BCUT2D eigenvalue weighted by Crippen LogP contribution is -2.35. The van der Waals surface area contributed by atoms with Crippen molar-refractivity contribution in [2.45, 2.75) is 6.42 Å². The van der Waals surface area contributed by atoms with Gasteiger partial charge in [-0.25, -0.2) is 4.39 Å². The van der Waals surface area contributed by atoms with Crippen LogP contribution in [0, 0.1) is 5.82 Å². The Labute approximate surface area is 114 Å². The highest BCUT2D eigenvalue weighted by Gasteiger charge is 2.03. The average Bonchev–Trinajstić information content (AvgIpc) is 2.34. The van der Waals surface area contributed by atoms with E-state index in [-0.39, 0.29) is 5.82 Å². The molecule has 106 valence electrons. The van der Waals surface area contributed by atoms with Gasteiger partial charge in [-0.1, -0.05) is 0 Å². The number of aliphatic imine (C=N–C) groups is 1. The maximum absolute atomic E-state index is 12.7. The second-order valence-electron chi connectivity index (χ2n) is 4.63. The van der Waals surface area contributed by atoms with Crippen molar-refractivity contribution in [1.82, 2.24) is 9.80 Å². The van der Waals surface area contributed by atoms with Crippen molar-refractivity contribution in [2.75, 3.05) is 41.3 Å². The number of guanidine groups is 1. The summed E-state index contributed by atoms with van der Waals surface area (Å²) >= 11 is 0. The van der Waals surface area contributed by atoms with E-state index in [0.717, 1.165) is 12.4 Å². The van der Waals surface area contributed by atoms with Gasteiger partial charge in [-0.15, -0.1) is 0 Å². The fourth-order valence-electron chi connectivity index (χ4n) is 1.65. The van der Waals surface area contributed by atoms with Crippen LogP contribution in [-0.4, -0.2) is 57.1 Å². The summed E-state index contributed by atoms with van der Waals surface area (Å²) in [7, 11) is 7.86. The molecule has 1 rings (SSSR count). The Kier molecular flexibility index (Phi) is 6.12. The van der Waals surface area contributed by atoms with Crippen LogP contribution >= 0.6 is 0 Å². The van der Waals surface area contributed by atoms with Gasteiger partial charge >= 0.3 is 0 Å². The van der Waals surface area contributed by atoms with Crippen molar-refractivity contribution in [1.29, 1.82) is 0 Å². The van der Waals surface area contributed by atoms with Crippen LogP contribution < -0.4 is 4.74 Å². The minimum absolute atomic E-state index is 0.251. The maximum Gasteiger partial charge on any atom is 0.195 e. The van der Waals surface area contributed by atoms with E-state index in [4.69, 9.17) is 4.74 Å². The Bertz CT molecular complexity index is 392. The lowest BCUT2D eigenvalue weighted by Gasteiger charge is -2.22. The number of benzene rings is 1. The smallest absolute Gasteiger partial charge is 0.195 e. The third-order valence-corrected chi connectivity index (χ3v) is 2.44. The Morgan fingerprint density at radius 1 is 1.11 bits per heavy atom. The van der Waals surface area contributed by atoms with Crippen molar-refractivity contribution >= 4 is 5.96 Å². The van der Waals surface area contributed by atoms with Crippen molar-refractivity contribution in [2.24, 2.45) is 4.99 Å². The van der Waals surface area contributed by atoms with E-state index >= 15 is 0 Å². The van der Waals surface area contributed by atoms with Crippen LogP contribution in [0.2, 0.25) is 0 Å². The largest absolute Gasteiger partial charge is 0.494 e. The Balaban J connectivity index is 2.30. The zero-order valence-electron chi connectivity index (χ0n) is 12.1. The molecule has 0 unspecified atom stereocenters. The molecule has 0 aliphatic carbocycles. The van der Waals surface area contributed by atoms with Gasteiger partial charge < -0.3 is 14.5 Å². The normalized spacial score (nSPS) is 9.95. The monoisotopic (exact) mass is 267 g/mol. The summed E-state index contributed by atoms with van der Waals surface area (Å²) in [5, 5.41) is 0. The molecule has 0 saturated carbocycles. The minimum Gasteiger partial charge on any atom is -0.494 e.